The highest BCUT2D eigenvalue weighted by molar-refractivity contribution is 5.94. The Morgan fingerprint density at radius 1 is 1.53 bits per heavy atom. The first-order chi connectivity index (χ1) is 9.24. The van der Waals surface area contributed by atoms with Crippen LogP contribution in [0.3, 0.4) is 0 Å². The standard InChI is InChI=1S/C15H21NO3/c1-19-14-6-2-5-13(10-14)15(18)16-8-3-4-12(11-16)7-9-17/h2,5-6,10,12,17H,3-4,7-9,11H2,1H3. The Morgan fingerprint density at radius 2 is 2.37 bits per heavy atom. The van der Waals surface area contributed by atoms with Gasteiger partial charge in [0.2, 0.25) is 0 Å². The SMILES string of the molecule is COc1cccc(C(=O)N2CCCC(CCO)C2)c1. The average molecular weight is 263 g/mol. The van der Waals surface area contributed by atoms with E-state index in [1.807, 2.05) is 23.1 Å². The first kappa shape index (κ1) is 13.9. The highest BCUT2D eigenvalue weighted by Crippen LogP contribution is 2.22. The number of benzene rings is 1. The Kier molecular flexibility index (Phi) is 4.80. The number of methoxy groups -OCH3 is 1. The van der Waals surface area contributed by atoms with Crippen molar-refractivity contribution in [2.45, 2.75) is 19.3 Å². The van der Waals surface area contributed by atoms with Gasteiger partial charge < -0.3 is 14.7 Å². The second-order valence-electron chi connectivity index (χ2n) is 5.00. The van der Waals surface area contributed by atoms with Crippen LogP contribution < -0.4 is 4.74 Å². The van der Waals surface area contributed by atoms with Gasteiger partial charge in [-0.1, -0.05) is 6.07 Å². The molecule has 1 fully saturated rings. The number of carbonyl (C=O) groups excluding carboxylic acids is 1. The first-order valence-electron chi connectivity index (χ1n) is 6.78. The quantitative estimate of drug-likeness (QED) is 0.903. The van der Waals surface area contributed by atoms with E-state index in [2.05, 4.69) is 0 Å². The van der Waals surface area contributed by atoms with Crippen molar-refractivity contribution in [2.75, 3.05) is 26.8 Å². The number of aliphatic hydroxyl groups is 1. The van der Waals surface area contributed by atoms with E-state index >= 15 is 0 Å². The number of likely N-dealkylation sites (tertiary alicyclic amines) is 1. The van der Waals surface area contributed by atoms with E-state index < -0.39 is 0 Å². The highest BCUT2D eigenvalue weighted by atomic mass is 16.5. The maximum absolute atomic E-state index is 12.4. The minimum atomic E-state index is 0.0570. The van der Waals surface area contributed by atoms with Crippen LogP contribution in [0.5, 0.6) is 5.75 Å². The summed E-state index contributed by atoms with van der Waals surface area (Å²) in [6, 6.07) is 7.27. The molecule has 19 heavy (non-hydrogen) atoms. The lowest BCUT2D eigenvalue weighted by Crippen LogP contribution is -2.40. The Balaban J connectivity index is 2.05. The fourth-order valence-electron chi connectivity index (χ4n) is 2.61. The van der Waals surface area contributed by atoms with Crippen LogP contribution in [-0.2, 0) is 0 Å². The van der Waals surface area contributed by atoms with Crippen LogP contribution in [0.25, 0.3) is 0 Å². The Bertz CT molecular complexity index is 431. The lowest BCUT2D eigenvalue weighted by atomic mass is 9.94. The van der Waals surface area contributed by atoms with Crippen LogP contribution in [0.15, 0.2) is 24.3 Å². The summed E-state index contributed by atoms with van der Waals surface area (Å²) < 4.78 is 5.15. The second kappa shape index (κ2) is 6.57. The molecular formula is C15H21NO3. The molecule has 1 atom stereocenters. The Morgan fingerprint density at radius 3 is 3.11 bits per heavy atom. The van der Waals surface area contributed by atoms with Crippen molar-refractivity contribution in [3.05, 3.63) is 29.8 Å². The van der Waals surface area contributed by atoms with E-state index in [9.17, 15) is 4.79 Å². The van der Waals surface area contributed by atoms with Crippen molar-refractivity contribution in [2.24, 2.45) is 5.92 Å². The average Bonchev–Trinajstić information content (AvgIpc) is 2.47. The normalized spacial score (nSPS) is 19.3. The van der Waals surface area contributed by atoms with E-state index in [0.717, 1.165) is 32.4 Å². The smallest absolute Gasteiger partial charge is 0.253 e. The van der Waals surface area contributed by atoms with Gasteiger partial charge in [-0.05, 0) is 43.4 Å². The van der Waals surface area contributed by atoms with Crippen molar-refractivity contribution in [1.82, 2.24) is 4.90 Å². The highest BCUT2D eigenvalue weighted by Gasteiger charge is 2.24. The third-order valence-corrected chi connectivity index (χ3v) is 3.66. The first-order valence-corrected chi connectivity index (χ1v) is 6.78. The molecule has 1 aromatic carbocycles. The summed E-state index contributed by atoms with van der Waals surface area (Å²) in [5.74, 6) is 1.18. The zero-order valence-electron chi connectivity index (χ0n) is 11.3. The third kappa shape index (κ3) is 3.47. The van der Waals surface area contributed by atoms with Gasteiger partial charge in [-0.3, -0.25) is 4.79 Å². The van der Waals surface area contributed by atoms with Crippen molar-refractivity contribution in [3.63, 3.8) is 0 Å². The van der Waals surface area contributed by atoms with Gasteiger partial charge >= 0.3 is 0 Å². The summed E-state index contributed by atoms with van der Waals surface area (Å²) in [6.45, 7) is 1.75. The monoisotopic (exact) mass is 263 g/mol. The lowest BCUT2D eigenvalue weighted by Gasteiger charge is -2.32. The molecule has 1 amide bonds. The van der Waals surface area contributed by atoms with Crippen LogP contribution in [0.1, 0.15) is 29.6 Å². The van der Waals surface area contributed by atoms with Crippen molar-refractivity contribution < 1.29 is 14.6 Å². The molecule has 1 aliphatic heterocycles. The van der Waals surface area contributed by atoms with Gasteiger partial charge in [0.15, 0.2) is 0 Å². The summed E-state index contributed by atoms with van der Waals surface area (Å²) in [7, 11) is 1.60. The molecule has 4 nitrogen and oxygen atoms in total. The summed E-state index contributed by atoms with van der Waals surface area (Å²) in [5, 5.41) is 9.01. The number of nitrogens with zero attached hydrogens (tertiary/aromatic N) is 1. The van der Waals surface area contributed by atoms with Gasteiger partial charge in [0.25, 0.3) is 5.91 Å². The number of amides is 1. The summed E-state index contributed by atoms with van der Waals surface area (Å²) >= 11 is 0. The topological polar surface area (TPSA) is 49.8 Å². The molecule has 104 valence electrons. The molecule has 1 aliphatic rings. The number of hydrogen-bond acceptors (Lipinski definition) is 3. The fourth-order valence-corrected chi connectivity index (χ4v) is 2.61. The van der Waals surface area contributed by atoms with Crippen molar-refractivity contribution in [3.8, 4) is 5.75 Å². The van der Waals surface area contributed by atoms with Gasteiger partial charge in [-0.25, -0.2) is 0 Å². The van der Waals surface area contributed by atoms with E-state index in [1.165, 1.54) is 0 Å². The molecule has 2 rings (SSSR count). The summed E-state index contributed by atoms with van der Waals surface area (Å²) in [6.07, 6.45) is 2.89. The fraction of sp³-hybridized carbons (Fsp3) is 0.533. The Hall–Kier alpha value is -1.55. The zero-order valence-corrected chi connectivity index (χ0v) is 11.3. The van der Waals surface area contributed by atoms with Crippen LogP contribution in [0, 0.1) is 5.92 Å². The number of hydrogen-bond donors (Lipinski definition) is 1. The zero-order chi connectivity index (χ0) is 13.7. The number of piperidine rings is 1. The molecule has 0 spiro atoms. The molecule has 1 N–H and O–H groups in total. The molecule has 1 heterocycles. The van der Waals surface area contributed by atoms with E-state index in [-0.39, 0.29) is 12.5 Å². The number of rotatable bonds is 4. The minimum Gasteiger partial charge on any atom is -0.497 e. The van der Waals surface area contributed by atoms with Gasteiger partial charge in [-0.15, -0.1) is 0 Å². The van der Waals surface area contributed by atoms with E-state index in [1.54, 1.807) is 13.2 Å². The maximum Gasteiger partial charge on any atom is 0.253 e. The largest absolute Gasteiger partial charge is 0.497 e. The van der Waals surface area contributed by atoms with E-state index in [4.69, 9.17) is 9.84 Å². The lowest BCUT2D eigenvalue weighted by molar-refractivity contribution is 0.0653. The van der Waals surface area contributed by atoms with Crippen LogP contribution in [0.4, 0.5) is 0 Å². The molecule has 4 heteroatoms. The number of ether oxygens (including phenoxy) is 1. The molecule has 0 aromatic heterocycles. The minimum absolute atomic E-state index is 0.0570. The second-order valence-corrected chi connectivity index (χ2v) is 5.00. The maximum atomic E-state index is 12.4. The van der Waals surface area contributed by atoms with Crippen LogP contribution in [-0.4, -0.2) is 42.7 Å². The van der Waals surface area contributed by atoms with Gasteiger partial charge in [0.05, 0.1) is 7.11 Å². The molecule has 0 aliphatic carbocycles. The van der Waals surface area contributed by atoms with Crippen molar-refractivity contribution >= 4 is 5.91 Å². The predicted octanol–water partition coefficient (Wildman–Crippen LogP) is 1.93. The summed E-state index contributed by atoms with van der Waals surface area (Å²) in [4.78, 5) is 14.3. The molecule has 1 saturated heterocycles. The van der Waals surface area contributed by atoms with E-state index in [0.29, 0.717) is 17.2 Å². The molecule has 1 aromatic rings. The van der Waals surface area contributed by atoms with Crippen molar-refractivity contribution in [1.29, 1.82) is 0 Å². The molecule has 1 unspecified atom stereocenters. The number of aliphatic hydroxyl groups excluding tert-OH is 1. The van der Waals surface area contributed by atoms with Gasteiger partial charge in [0, 0.05) is 25.3 Å². The van der Waals surface area contributed by atoms with Gasteiger partial charge in [-0.2, -0.15) is 0 Å². The van der Waals surface area contributed by atoms with Crippen LogP contribution >= 0.6 is 0 Å². The summed E-state index contributed by atoms with van der Waals surface area (Å²) in [5.41, 5.74) is 0.670. The molecular weight excluding hydrogens is 242 g/mol. The molecule has 0 radical (unpaired) electrons. The predicted molar refractivity (Wildman–Crippen MR) is 73.3 cm³/mol. The molecule has 0 bridgehead atoms. The Labute approximate surface area is 114 Å². The molecule has 0 saturated carbocycles. The van der Waals surface area contributed by atoms with Crippen LogP contribution in [0.2, 0.25) is 0 Å². The number of carbonyl (C=O) groups is 1. The van der Waals surface area contributed by atoms with Gasteiger partial charge in [0.1, 0.15) is 5.75 Å². The third-order valence-electron chi connectivity index (χ3n) is 3.66.